The number of nitrogens with one attached hydrogen (secondary N) is 2. The van der Waals surface area contributed by atoms with Gasteiger partial charge in [-0.15, -0.1) is 0 Å². The maximum absolute atomic E-state index is 13.5. The van der Waals surface area contributed by atoms with Crippen LogP contribution in [0.5, 0.6) is 0 Å². The summed E-state index contributed by atoms with van der Waals surface area (Å²) in [4.78, 5) is 65.1. The summed E-state index contributed by atoms with van der Waals surface area (Å²) in [5.74, 6) is -4.29. The summed E-state index contributed by atoms with van der Waals surface area (Å²) >= 11 is 0. The van der Waals surface area contributed by atoms with Gasteiger partial charge >= 0.3 is 5.69 Å². The molecule has 2 unspecified atom stereocenters. The molecule has 3 aliphatic rings. The molecule has 2 aromatic rings. The molecule has 5 rings (SSSR count). The van der Waals surface area contributed by atoms with Crippen molar-refractivity contribution in [2.75, 3.05) is 19.6 Å². The predicted octanol–water partition coefficient (Wildman–Crippen LogP) is -0.412. The second-order valence-corrected chi connectivity index (χ2v) is 10.5. The topological polar surface area (TPSA) is 174 Å². The molecule has 14 nitrogen and oxygen atoms in total. The first kappa shape index (κ1) is 28.6. The number of piperidine rings is 1. The SMILES string of the molecule is C=C/C(=N\C=C(/N)C1=NC(NC(=O)[C@H](C)n2cnc3c2c(=O)n(CC(C)=O)c(=O)n3C)=CNC1)N1CC2C(C1)C2(F)F. The summed E-state index contributed by atoms with van der Waals surface area (Å²) in [5, 5.41) is 5.63. The number of alkyl halides is 2. The highest BCUT2D eigenvalue weighted by Crippen LogP contribution is 2.59. The van der Waals surface area contributed by atoms with Gasteiger partial charge in [0.1, 0.15) is 23.5 Å². The highest BCUT2D eigenvalue weighted by Gasteiger charge is 2.71. The van der Waals surface area contributed by atoms with Gasteiger partial charge < -0.3 is 25.8 Å². The first-order valence-electron chi connectivity index (χ1n) is 13.1. The number of amides is 1. The quantitative estimate of drug-likeness (QED) is 0.277. The fourth-order valence-corrected chi connectivity index (χ4v) is 5.16. The van der Waals surface area contributed by atoms with Gasteiger partial charge in [-0.25, -0.2) is 28.5 Å². The maximum atomic E-state index is 13.5. The van der Waals surface area contributed by atoms with Crippen molar-refractivity contribution in [3.8, 4) is 0 Å². The van der Waals surface area contributed by atoms with Gasteiger partial charge in [0, 0.05) is 26.3 Å². The van der Waals surface area contributed by atoms with Crippen LogP contribution in [0.25, 0.3) is 11.2 Å². The number of carbonyl (C=O) groups excluding carboxylic acids is 2. The van der Waals surface area contributed by atoms with Gasteiger partial charge in [0.2, 0.25) is 5.91 Å². The van der Waals surface area contributed by atoms with Crippen molar-refractivity contribution in [3.63, 3.8) is 0 Å². The molecule has 1 amide bonds. The van der Waals surface area contributed by atoms with Crippen LogP contribution in [0, 0.1) is 11.8 Å². The number of carbonyl (C=O) groups is 2. The fourth-order valence-electron chi connectivity index (χ4n) is 5.16. The van der Waals surface area contributed by atoms with Crippen molar-refractivity contribution in [2.24, 2.45) is 34.6 Å². The van der Waals surface area contributed by atoms with E-state index in [0.29, 0.717) is 11.5 Å². The first-order valence-corrected chi connectivity index (χ1v) is 13.1. The molecule has 222 valence electrons. The number of aromatic nitrogens is 4. The average Bonchev–Trinajstić information content (AvgIpc) is 3.38. The summed E-state index contributed by atoms with van der Waals surface area (Å²) in [6, 6.07) is -0.959. The number of aryl methyl sites for hydroxylation is 1. The third-order valence-electron chi connectivity index (χ3n) is 7.63. The summed E-state index contributed by atoms with van der Waals surface area (Å²) in [5.41, 5.74) is 5.37. The standard InChI is InChI=1S/C26H30F2N10O4/c1-5-20(36-10-15-16(11-36)26(15,27)28)31-6-17(29)18-7-30-8-19(33-18)34-23(40)14(3)38-12-32-22-21(38)24(41)37(9-13(2)39)25(42)35(22)4/h5-6,8,12,14-16,30H,1,7,9-11,29H2,2-4H3,(H,34,40)/b17-6-,31-20+/t14-,15?,16?/m0/s1. The molecule has 4 N–H and O–H groups in total. The number of fused-ring (bicyclic) bond motifs is 2. The molecule has 2 fully saturated rings. The van der Waals surface area contributed by atoms with Crippen molar-refractivity contribution in [1.29, 1.82) is 0 Å². The van der Waals surface area contributed by atoms with Crippen LogP contribution in [-0.2, 0) is 23.2 Å². The van der Waals surface area contributed by atoms with Crippen molar-refractivity contribution in [3.05, 3.63) is 63.7 Å². The summed E-state index contributed by atoms with van der Waals surface area (Å²) in [7, 11) is 1.42. The molecular formula is C26H30F2N10O4. The number of Topliss-reactive ketones (excluding diaryl/α,β-unsaturated/α-hetero) is 1. The minimum Gasteiger partial charge on any atom is -0.396 e. The number of nitrogens with two attached hydrogens (primary N) is 1. The normalized spacial score (nSPS) is 22.2. The number of amidine groups is 1. The van der Waals surface area contributed by atoms with Gasteiger partial charge in [-0.05, 0) is 19.9 Å². The number of likely N-dealkylation sites (tertiary alicyclic amines) is 1. The number of ketones is 1. The molecule has 4 heterocycles. The van der Waals surface area contributed by atoms with Crippen LogP contribution in [0.4, 0.5) is 8.78 Å². The van der Waals surface area contributed by atoms with Crippen molar-refractivity contribution >= 4 is 34.4 Å². The van der Waals surface area contributed by atoms with E-state index in [1.165, 1.54) is 50.3 Å². The molecular weight excluding hydrogens is 554 g/mol. The van der Waals surface area contributed by atoms with E-state index in [0.717, 1.165) is 9.13 Å². The van der Waals surface area contributed by atoms with Crippen LogP contribution in [0.1, 0.15) is 19.9 Å². The van der Waals surface area contributed by atoms with Crippen LogP contribution in [0.2, 0.25) is 0 Å². The van der Waals surface area contributed by atoms with E-state index in [4.69, 9.17) is 5.73 Å². The Balaban J connectivity index is 1.32. The van der Waals surface area contributed by atoms with E-state index in [9.17, 15) is 28.0 Å². The van der Waals surface area contributed by atoms with Crippen LogP contribution in [0.15, 0.2) is 62.5 Å². The zero-order chi connectivity index (χ0) is 30.5. The lowest BCUT2D eigenvalue weighted by molar-refractivity contribution is -0.123. The maximum Gasteiger partial charge on any atom is 0.332 e. The number of aliphatic imine (C=N–C) groups is 2. The Morgan fingerprint density at radius 1 is 1.33 bits per heavy atom. The molecule has 0 bridgehead atoms. The molecule has 1 aliphatic carbocycles. The molecule has 3 atom stereocenters. The number of hydrogen-bond acceptors (Lipinski definition) is 9. The molecule has 0 spiro atoms. The highest BCUT2D eigenvalue weighted by molar-refractivity contribution is 6.03. The minimum atomic E-state index is -2.61. The zero-order valence-electron chi connectivity index (χ0n) is 23.2. The van der Waals surface area contributed by atoms with Crippen LogP contribution >= 0.6 is 0 Å². The minimum absolute atomic E-state index is 0.0111. The summed E-state index contributed by atoms with van der Waals surface area (Å²) in [6.07, 6.45) is 5.59. The number of nitrogens with zero attached hydrogens (tertiary/aromatic N) is 7. The number of rotatable bonds is 8. The number of imidazole rings is 1. The summed E-state index contributed by atoms with van der Waals surface area (Å²) < 4.78 is 30.4. The highest BCUT2D eigenvalue weighted by atomic mass is 19.3. The Morgan fingerprint density at radius 3 is 2.67 bits per heavy atom. The third-order valence-corrected chi connectivity index (χ3v) is 7.63. The van der Waals surface area contributed by atoms with Crippen molar-refractivity contribution < 1.29 is 18.4 Å². The smallest absolute Gasteiger partial charge is 0.332 e. The van der Waals surface area contributed by atoms with Crippen LogP contribution < -0.4 is 27.6 Å². The second-order valence-electron chi connectivity index (χ2n) is 10.5. The van der Waals surface area contributed by atoms with Gasteiger partial charge in [-0.3, -0.25) is 23.5 Å². The first-order chi connectivity index (χ1) is 19.8. The van der Waals surface area contributed by atoms with Crippen LogP contribution in [-0.4, -0.2) is 72.4 Å². The predicted molar refractivity (Wildman–Crippen MR) is 150 cm³/mol. The largest absolute Gasteiger partial charge is 0.396 e. The Labute approximate surface area is 237 Å². The molecule has 1 saturated carbocycles. The van der Waals surface area contributed by atoms with E-state index >= 15 is 0 Å². The monoisotopic (exact) mass is 584 g/mol. The van der Waals surface area contributed by atoms with Gasteiger partial charge in [-0.2, -0.15) is 0 Å². The van der Waals surface area contributed by atoms with Crippen molar-refractivity contribution in [2.45, 2.75) is 32.4 Å². The summed E-state index contributed by atoms with van der Waals surface area (Å²) in [6.45, 7) is 6.74. The lowest BCUT2D eigenvalue weighted by Crippen LogP contribution is -2.41. The fraction of sp³-hybridized carbons (Fsp3) is 0.423. The van der Waals surface area contributed by atoms with Crippen LogP contribution in [0.3, 0.4) is 0 Å². The van der Waals surface area contributed by atoms with E-state index in [2.05, 4.69) is 32.2 Å². The average molecular weight is 585 g/mol. The molecule has 0 radical (unpaired) electrons. The zero-order valence-corrected chi connectivity index (χ0v) is 23.2. The molecule has 0 aromatic carbocycles. The second kappa shape index (κ2) is 10.5. The Kier molecular flexibility index (Phi) is 7.16. The Bertz CT molecular complexity index is 1730. The Morgan fingerprint density at radius 2 is 2.02 bits per heavy atom. The van der Waals surface area contributed by atoms with Crippen molar-refractivity contribution in [1.82, 2.24) is 34.2 Å². The number of hydrogen-bond donors (Lipinski definition) is 3. The van der Waals surface area contributed by atoms with E-state index in [-0.39, 0.29) is 48.1 Å². The molecule has 2 aromatic heterocycles. The van der Waals surface area contributed by atoms with Gasteiger partial charge in [0.15, 0.2) is 11.2 Å². The lowest BCUT2D eigenvalue weighted by Gasteiger charge is -2.21. The number of halogens is 2. The molecule has 16 heteroatoms. The third kappa shape index (κ3) is 4.92. The molecule has 2 aliphatic heterocycles. The van der Waals surface area contributed by atoms with Gasteiger partial charge in [-0.1, -0.05) is 6.58 Å². The molecule has 1 saturated heterocycles. The van der Waals surface area contributed by atoms with E-state index in [1.807, 2.05) is 0 Å². The Hall–Kier alpha value is -4.89. The van der Waals surface area contributed by atoms with E-state index in [1.54, 1.807) is 4.90 Å². The molecule has 42 heavy (non-hydrogen) atoms. The van der Waals surface area contributed by atoms with Gasteiger partial charge in [0.05, 0.1) is 48.9 Å². The lowest BCUT2D eigenvalue weighted by atomic mass is 10.2. The van der Waals surface area contributed by atoms with E-state index < -0.39 is 47.5 Å². The van der Waals surface area contributed by atoms with Gasteiger partial charge in [0.25, 0.3) is 11.5 Å².